The molecule has 0 aliphatic carbocycles. The van der Waals surface area contributed by atoms with Crippen LogP contribution in [-0.2, 0) is 17.3 Å². The predicted molar refractivity (Wildman–Crippen MR) is 156 cm³/mol. The Balaban J connectivity index is 0. The van der Waals surface area contributed by atoms with Gasteiger partial charge in [0.25, 0.3) is 0 Å². The number of aliphatic imine (C=N–C) groups is 1. The summed E-state index contributed by atoms with van der Waals surface area (Å²) in [6.07, 6.45) is 1.96. The second-order valence-corrected chi connectivity index (χ2v) is 9.17. The van der Waals surface area contributed by atoms with Gasteiger partial charge in [0.1, 0.15) is 0 Å². The third-order valence-corrected chi connectivity index (χ3v) is 4.32. The Morgan fingerprint density at radius 2 is 0.938 bits per heavy atom. The maximum atomic E-state index is 4.57. The van der Waals surface area contributed by atoms with Crippen molar-refractivity contribution in [2.24, 2.45) is 16.8 Å². The minimum absolute atomic E-state index is 0.569. The SMILES string of the molecule is CC(C)C=N[CH-]C(C)C.Pc1ccccc1.Pc1ccccc1.Pc1ccccc1.[Cl][Ru+]. The zero-order valence-electron chi connectivity index (χ0n) is 19.4. The summed E-state index contributed by atoms with van der Waals surface area (Å²) >= 11 is 1.82. The molecule has 3 aromatic rings. The van der Waals surface area contributed by atoms with E-state index >= 15 is 0 Å². The molecule has 0 amide bonds. The number of hydrogen-bond acceptors (Lipinski definition) is 1. The molecule has 3 rings (SSSR count). The van der Waals surface area contributed by atoms with E-state index in [1.54, 1.807) is 0 Å². The maximum absolute atomic E-state index is 4.57. The van der Waals surface area contributed by atoms with E-state index in [1.165, 1.54) is 15.9 Å². The van der Waals surface area contributed by atoms with Crippen LogP contribution >= 0.6 is 37.4 Å². The van der Waals surface area contributed by atoms with Crippen LogP contribution in [0.4, 0.5) is 0 Å². The van der Waals surface area contributed by atoms with Crippen molar-refractivity contribution in [1.29, 1.82) is 0 Å². The van der Waals surface area contributed by atoms with Crippen molar-refractivity contribution in [3.63, 3.8) is 0 Å². The fraction of sp³-hybridized carbons (Fsp3) is 0.231. The Kier molecular flexibility index (Phi) is 26.3. The molecule has 0 bridgehead atoms. The summed E-state index contributed by atoms with van der Waals surface area (Å²) < 4.78 is 0. The van der Waals surface area contributed by atoms with Crippen LogP contribution < -0.4 is 15.9 Å². The number of halogens is 1. The van der Waals surface area contributed by atoms with Crippen molar-refractivity contribution in [1.82, 2.24) is 0 Å². The fourth-order valence-electron chi connectivity index (χ4n) is 1.75. The summed E-state index contributed by atoms with van der Waals surface area (Å²) in [6.45, 7) is 10.4. The van der Waals surface area contributed by atoms with Crippen LogP contribution in [0.5, 0.6) is 0 Å². The molecule has 0 aromatic heterocycles. The van der Waals surface area contributed by atoms with Gasteiger partial charge >= 0.3 is 27.0 Å². The minimum atomic E-state index is 0.569. The molecule has 0 saturated heterocycles. The molecule has 0 fully saturated rings. The average molecular weight is 593 g/mol. The Morgan fingerprint density at radius 1 is 0.656 bits per heavy atom. The molecule has 6 heteroatoms. The van der Waals surface area contributed by atoms with Gasteiger partial charge < -0.3 is 4.99 Å². The quantitative estimate of drug-likeness (QED) is 0.138. The average Bonchev–Trinajstić information content (AvgIpc) is 2.78. The van der Waals surface area contributed by atoms with Crippen molar-refractivity contribution in [3.8, 4) is 0 Å². The summed E-state index contributed by atoms with van der Waals surface area (Å²) in [5.74, 6) is 1.14. The van der Waals surface area contributed by atoms with Gasteiger partial charge in [-0.3, -0.25) is 0 Å². The van der Waals surface area contributed by atoms with Gasteiger partial charge in [0.2, 0.25) is 0 Å². The summed E-state index contributed by atoms with van der Waals surface area (Å²) in [4.78, 5) is 4.12. The molecule has 0 aliphatic rings. The van der Waals surface area contributed by atoms with E-state index in [0.717, 1.165) is 0 Å². The second-order valence-electron chi connectivity index (χ2n) is 7.17. The van der Waals surface area contributed by atoms with Gasteiger partial charge in [0.15, 0.2) is 0 Å². The van der Waals surface area contributed by atoms with Gasteiger partial charge in [-0.2, -0.15) is 0 Å². The molecule has 3 aromatic carbocycles. The fourth-order valence-corrected chi connectivity index (χ4v) is 2.42. The predicted octanol–water partition coefficient (Wildman–Crippen LogP) is 6.78. The van der Waals surface area contributed by atoms with Crippen molar-refractivity contribution in [3.05, 3.63) is 97.5 Å². The van der Waals surface area contributed by atoms with Gasteiger partial charge in [-0.25, -0.2) is 0 Å². The first-order chi connectivity index (χ1) is 15.3. The van der Waals surface area contributed by atoms with Crippen LogP contribution in [0, 0.1) is 18.4 Å². The molecule has 3 unspecified atom stereocenters. The number of benzene rings is 3. The van der Waals surface area contributed by atoms with E-state index in [-0.39, 0.29) is 0 Å². The first-order valence-corrected chi connectivity index (χ1v) is 14.2. The molecular formula is C26H37ClNP3Ru. The van der Waals surface area contributed by atoms with Crippen LogP contribution in [0.1, 0.15) is 27.7 Å². The van der Waals surface area contributed by atoms with Crippen LogP contribution in [-0.4, -0.2) is 6.21 Å². The van der Waals surface area contributed by atoms with Crippen molar-refractivity contribution in [2.75, 3.05) is 0 Å². The standard InChI is InChI=1S/C8H16N.3C6H7P.ClH.Ru/c1-7(2)5-9-6-8(3)4;3*7-6-4-2-1-3-5-6;;/h5-8H,1-4H3;3*1-5H,7H2;1H;/q-1;;;;;+2/p-1. The number of nitrogens with zero attached hydrogens (tertiary/aromatic N) is 1. The van der Waals surface area contributed by atoms with Crippen LogP contribution in [0.2, 0.25) is 0 Å². The van der Waals surface area contributed by atoms with E-state index in [0.29, 0.717) is 11.8 Å². The Bertz CT molecular complexity index is 682. The first-order valence-electron chi connectivity index (χ1n) is 10.2. The Hall–Kier alpha value is -0.597. The molecule has 32 heavy (non-hydrogen) atoms. The molecule has 176 valence electrons. The van der Waals surface area contributed by atoms with Gasteiger partial charge in [-0.1, -0.05) is 131 Å². The van der Waals surface area contributed by atoms with E-state index in [1.807, 2.05) is 121 Å². The van der Waals surface area contributed by atoms with E-state index in [4.69, 9.17) is 0 Å². The zero-order valence-corrected chi connectivity index (χ0v) is 25.3. The molecule has 0 saturated carbocycles. The van der Waals surface area contributed by atoms with Gasteiger partial charge in [-0.05, 0) is 15.9 Å². The van der Waals surface area contributed by atoms with Crippen LogP contribution in [0.15, 0.2) is 96.0 Å². The Morgan fingerprint density at radius 3 is 1.09 bits per heavy atom. The summed E-state index contributed by atoms with van der Waals surface area (Å²) in [7, 11) is 12.5. The molecule has 0 radical (unpaired) electrons. The number of rotatable bonds is 3. The van der Waals surface area contributed by atoms with Crippen molar-refractivity contribution < 1.29 is 17.3 Å². The summed E-state index contributed by atoms with van der Waals surface area (Å²) in [6, 6.07) is 30.4. The normalized spacial score (nSPS) is 9.22. The van der Waals surface area contributed by atoms with Gasteiger partial charge in [-0.15, -0.1) is 40.5 Å². The second kappa shape index (κ2) is 25.0. The summed E-state index contributed by atoms with van der Waals surface area (Å²) in [5.41, 5.74) is 0. The van der Waals surface area contributed by atoms with Gasteiger partial charge in [0, 0.05) is 0 Å². The van der Waals surface area contributed by atoms with E-state index in [2.05, 4.69) is 70.1 Å². The molecule has 1 nitrogen and oxygen atoms in total. The van der Waals surface area contributed by atoms with E-state index < -0.39 is 0 Å². The first kappa shape index (κ1) is 33.6. The summed E-state index contributed by atoms with van der Waals surface area (Å²) in [5, 5.41) is 3.72. The Labute approximate surface area is 218 Å². The van der Waals surface area contributed by atoms with E-state index in [9.17, 15) is 0 Å². The molecule has 0 spiro atoms. The third-order valence-electron chi connectivity index (χ3n) is 3.17. The monoisotopic (exact) mass is 593 g/mol. The van der Waals surface area contributed by atoms with Crippen molar-refractivity contribution >= 4 is 59.5 Å². The van der Waals surface area contributed by atoms with Crippen LogP contribution in [0.3, 0.4) is 0 Å². The molecule has 0 N–H and O–H groups in total. The van der Waals surface area contributed by atoms with Crippen LogP contribution in [0.25, 0.3) is 0 Å². The van der Waals surface area contributed by atoms with Crippen molar-refractivity contribution in [2.45, 2.75) is 27.7 Å². The molecule has 3 atom stereocenters. The molecular weight excluding hydrogens is 556 g/mol. The molecule has 0 aliphatic heterocycles. The zero-order chi connectivity index (χ0) is 24.6. The topological polar surface area (TPSA) is 12.4 Å². The third kappa shape index (κ3) is 27.4. The molecule has 0 heterocycles. The number of hydrogen-bond donors (Lipinski definition) is 0. The van der Waals surface area contributed by atoms with Gasteiger partial charge in [0.05, 0.1) is 0 Å².